The third kappa shape index (κ3) is 3.63. The van der Waals surface area contributed by atoms with Crippen LogP contribution in [0.3, 0.4) is 0 Å². The van der Waals surface area contributed by atoms with Crippen molar-refractivity contribution in [2.24, 2.45) is 23.7 Å². The van der Waals surface area contributed by atoms with Crippen LogP contribution < -0.4 is 0 Å². The number of nitrogens with zero attached hydrogens (tertiary/aromatic N) is 1. The molecule has 8 aromatic carbocycles. The molecule has 1 nitrogen and oxygen atoms in total. The number of benzene rings is 8. The van der Waals surface area contributed by atoms with E-state index >= 15 is 0 Å². The molecule has 0 aromatic heterocycles. The molecule has 52 heavy (non-hydrogen) atoms. The second-order valence-electron chi connectivity index (χ2n) is 16.3. The lowest BCUT2D eigenvalue weighted by Crippen LogP contribution is -2.55. The summed E-state index contributed by atoms with van der Waals surface area (Å²) in [5, 5.41) is 20.4. The fourth-order valence-corrected chi connectivity index (χ4v) is 12.5. The van der Waals surface area contributed by atoms with Gasteiger partial charge in [-0.05, 0) is 156 Å². The second kappa shape index (κ2) is 10.4. The topological polar surface area (TPSA) is 23.8 Å². The Bertz CT molecular complexity index is 2790. The first-order chi connectivity index (χ1) is 25.7. The average molecular weight is 664 g/mol. The van der Waals surface area contributed by atoms with Gasteiger partial charge in [0, 0.05) is 5.41 Å². The Kier molecular flexibility index (Phi) is 5.80. The average Bonchev–Trinajstić information content (AvgIpc) is 3.48. The van der Waals surface area contributed by atoms with Gasteiger partial charge in [-0.2, -0.15) is 5.26 Å². The van der Waals surface area contributed by atoms with E-state index in [1.807, 2.05) is 6.07 Å². The van der Waals surface area contributed by atoms with Crippen LogP contribution in [0, 0.1) is 35.0 Å². The quantitative estimate of drug-likeness (QED) is 0.169. The molecule has 0 aliphatic heterocycles. The lowest BCUT2D eigenvalue weighted by Gasteiger charge is -2.61. The Morgan fingerprint density at radius 3 is 1.73 bits per heavy atom. The van der Waals surface area contributed by atoms with Gasteiger partial charge in [0.25, 0.3) is 0 Å². The van der Waals surface area contributed by atoms with Crippen LogP contribution in [0.25, 0.3) is 76.5 Å². The van der Waals surface area contributed by atoms with E-state index in [9.17, 15) is 5.26 Å². The summed E-state index contributed by atoms with van der Waals surface area (Å²) < 4.78 is 0. The minimum absolute atomic E-state index is 0.0177. The van der Waals surface area contributed by atoms with Crippen molar-refractivity contribution in [3.63, 3.8) is 0 Å². The number of hydrogen-bond acceptors (Lipinski definition) is 1. The Hall–Kier alpha value is -5.71. The monoisotopic (exact) mass is 663 g/mol. The molecule has 0 heterocycles. The number of rotatable bonds is 2. The van der Waals surface area contributed by atoms with E-state index in [-0.39, 0.29) is 5.41 Å². The van der Waals surface area contributed by atoms with E-state index in [0.29, 0.717) is 11.8 Å². The largest absolute Gasteiger partial charge is 0.192 e. The zero-order valence-corrected chi connectivity index (χ0v) is 29.1. The standard InChI is InChI=1S/C51H37N/c52-29-34-11-8-18-45-38(34)21-22-46-39-20-19-33(28-47(39)51(50(45)46)35-24-30-23-31(26-35)27-36(51)25-30)48-41-13-3-5-15-43(41)49(44-16-6-4-14-42(44)48)40-17-7-10-32-9-1-2-12-37(32)40/h1-22,28,30-31,35-36H,23-27H2. The normalized spacial score (nSPS) is 23.8. The van der Waals surface area contributed by atoms with Gasteiger partial charge in [0.2, 0.25) is 0 Å². The van der Waals surface area contributed by atoms with Crippen LogP contribution in [0.4, 0.5) is 0 Å². The maximum absolute atomic E-state index is 10.2. The van der Waals surface area contributed by atoms with Gasteiger partial charge in [-0.15, -0.1) is 0 Å². The molecule has 8 aromatic rings. The first-order valence-electron chi connectivity index (χ1n) is 19.3. The summed E-state index contributed by atoms with van der Waals surface area (Å²) in [6, 6.07) is 54.8. The maximum Gasteiger partial charge on any atom is 0.0998 e. The summed E-state index contributed by atoms with van der Waals surface area (Å²) in [7, 11) is 0. The van der Waals surface area contributed by atoms with Gasteiger partial charge in [0.1, 0.15) is 0 Å². The molecule has 0 unspecified atom stereocenters. The predicted octanol–water partition coefficient (Wildman–Crippen LogP) is 13.2. The predicted molar refractivity (Wildman–Crippen MR) is 215 cm³/mol. The van der Waals surface area contributed by atoms with Crippen LogP contribution in [0.5, 0.6) is 0 Å². The van der Waals surface area contributed by atoms with E-state index in [4.69, 9.17) is 0 Å². The highest BCUT2D eigenvalue weighted by atomic mass is 14.6. The zero-order valence-electron chi connectivity index (χ0n) is 29.1. The molecule has 4 fully saturated rings. The van der Waals surface area contributed by atoms with Crippen molar-refractivity contribution >= 4 is 43.1 Å². The van der Waals surface area contributed by atoms with Crippen LogP contribution >= 0.6 is 0 Å². The number of nitriles is 1. The molecule has 5 aliphatic rings. The summed E-state index contributed by atoms with van der Waals surface area (Å²) in [5.74, 6) is 3.00. The maximum atomic E-state index is 10.2. The summed E-state index contributed by atoms with van der Waals surface area (Å²) >= 11 is 0. The highest BCUT2D eigenvalue weighted by Gasteiger charge is 2.62. The van der Waals surface area contributed by atoms with Gasteiger partial charge in [0.05, 0.1) is 11.6 Å². The summed E-state index contributed by atoms with van der Waals surface area (Å²) in [4.78, 5) is 0. The number of hydrogen-bond donors (Lipinski definition) is 0. The van der Waals surface area contributed by atoms with Crippen molar-refractivity contribution in [2.75, 3.05) is 0 Å². The highest BCUT2D eigenvalue weighted by Crippen LogP contribution is 2.70. The van der Waals surface area contributed by atoms with Crippen LogP contribution in [0.15, 0.2) is 140 Å². The SMILES string of the molecule is N#Cc1cccc2c3c(ccc12)-c1ccc(-c2c4ccccc4c(-c4cccc5ccccc45)c4ccccc24)cc1C31C2CC3CC(C2)CC1C3. The Balaban J connectivity index is 1.16. The smallest absolute Gasteiger partial charge is 0.0998 e. The molecule has 246 valence electrons. The van der Waals surface area contributed by atoms with Gasteiger partial charge < -0.3 is 0 Å². The van der Waals surface area contributed by atoms with Crippen molar-refractivity contribution in [3.8, 4) is 39.4 Å². The summed E-state index contributed by atoms with van der Waals surface area (Å²) in [5.41, 5.74) is 11.9. The van der Waals surface area contributed by atoms with E-state index in [1.165, 1.54) is 109 Å². The van der Waals surface area contributed by atoms with E-state index in [1.54, 1.807) is 5.56 Å². The van der Waals surface area contributed by atoms with Crippen LogP contribution in [-0.2, 0) is 5.41 Å². The summed E-state index contributed by atoms with van der Waals surface area (Å²) in [6.07, 6.45) is 6.75. The van der Waals surface area contributed by atoms with Crippen molar-refractivity contribution in [3.05, 3.63) is 156 Å². The summed E-state index contributed by atoms with van der Waals surface area (Å²) in [6.45, 7) is 0. The van der Waals surface area contributed by atoms with Crippen molar-refractivity contribution in [1.82, 2.24) is 0 Å². The molecule has 4 bridgehead atoms. The molecule has 13 rings (SSSR count). The zero-order chi connectivity index (χ0) is 34.1. The molecule has 0 radical (unpaired) electrons. The molecule has 5 aliphatic carbocycles. The van der Waals surface area contributed by atoms with Gasteiger partial charge in [-0.1, -0.05) is 127 Å². The van der Waals surface area contributed by atoms with Crippen LogP contribution in [0.1, 0.15) is 48.8 Å². The second-order valence-corrected chi connectivity index (χ2v) is 16.3. The van der Waals surface area contributed by atoms with Crippen LogP contribution in [-0.4, -0.2) is 0 Å². The molecular formula is C51H37N. The first-order valence-corrected chi connectivity index (χ1v) is 19.3. The highest BCUT2D eigenvalue weighted by molar-refractivity contribution is 6.23. The minimum Gasteiger partial charge on any atom is -0.192 e. The fourth-order valence-electron chi connectivity index (χ4n) is 12.5. The Morgan fingerprint density at radius 1 is 0.462 bits per heavy atom. The minimum atomic E-state index is -0.0177. The molecular weight excluding hydrogens is 627 g/mol. The Morgan fingerprint density at radius 2 is 1.04 bits per heavy atom. The van der Waals surface area contributed by atoms with Gasteiger partial charge in [-0.25, -0.2) is 0 Å². The molecule has 1 spiro atoms. The van der Waals surface area contributed by atoms with E-state index < -0.39 is 0 Å². The molecule has 0 N–H and O–H groups in total. The third-order valence-corrected chi connectivity index (χ3v) is 14.1. The van der Waals surface area contributed by atoms with Gasteiger partial charge in [0.15, 0.2) is 0 Å². The molecule has 0 amide bonds. The van der Waals surface area contributed by atoms with E-state index in [2.05, 4.69) is 140 Å². The number of fused-ring (bicyclic) bond motifs is 8. The first kappa shape index (κ1) is 28.9. The third-order valence-electron chi connectivity index (χ3n) is 14.1. The lowest BCUT2D eigenvalue weighted by atomic mass is 9.43. The van der Waals surface area contributed by atoms with Crippen LogP contribution in [0.2, 0.25) is 0 Å². The molecule has 0 saturated heterocycles. The van der Waals surface area contributed by atoms with Gasteiger partial charge >= 0.3 is 0 Å². The van der Waals surface area contributed by atoms with Crippen molar-refractivity contribution in [2.45, 2.75) is 37.5 Å². The van der Waals surface area contributed by atoms with Crippen molar-refractivity contribution in [1.29, 1.82) is 5.26 Å². The lowest BCUT2D eigenvalue weighted by molar-refractivity contribution is -0.0393. The van der Waals surface area contributed by atoms with Crippen molar-refractivity contribution < 1.29 is 0 Å². The molecule has 1 heteroatoms. The van der Waals surface area contributed by atoms with Gasteiger partial charge in [-0.3, -0.25) is 0 Å². The Labute approximate surface area is 304 Å². The molecule has 0 atom stereocenters. The molecule has 4 saturated carbocycles. The fraction of sp³-hybridized carbons (Fsp3) is 0.196. The van der Waals surface area contributed by atoms with E-state index in [0.717, 1.165) is 22.8 Å².